The summed E-state index contributed by atoms with van der Waals surface area (Å²) in [5.74, 6) is -1.41. The van der Waals surface area contributed by atoms with Crippen LogP contribution in [0.4, 0.5) is 0 Å². The molecule has 0 amide bonds. The second-order valence-corrected chi connectivity index (χ2v) is 5.87. The Hall–Kier alpha value is -1.45. The fraction of sp³-hybridized carbons (Fsp3) is 0.600. The molecule has 1 unspecified atom stereocenters. The number of carboxylic acids is 1. The van der Waals surface area contributed by atoms with E-state index in [9.17, 15) is 13.2 Å². The first-order chi connectivity index (χ1) is 8.79. The fourth-order valence-corrected chi connectivity index (χ4v) is 3.27. The number of aromatic amines is 1. The Morgan fingerprint density at radius 3 is 2.68 bits per heavy atom. The first-order valence-electron chi connectivity index (χ1n) is 5.71. The third-order valence-corrected chi connectivity index (χ3v) is 4.26. The van der Waals surface area contributed by atoms with Crippen molar-refractivity contribution in [2.45, 2.75) is 37.6 Å². The monoisotopic (exact) mass is 291 g/mol. The van der Waals surface area contributed by atoms with Crippen LogP contribution in [0.25, 0.3) is 0 Å². The van der Waals surface area contributed by atoms with E-state index < -0.39 is 27.7 Å². The van der Waals surface area contributed by atoms with E-state index in [-0.39, 0.29) is 17.2 Å². The summed E-state index contributed by atoms with van der Waals surface area (Å²) < 4.78 is 26.6. The van der Waals surface area contributed by atoms with E-state index >= 15 is 0 Å². The van der Waals surface area contributed by atoms with E-state index in [2.05, 4.69) is 14.9 Å². The summed E-state index contributed by atoms with van der Waals surface area (Å²) in [5.41, 5.74) is -0.362. The minimum atomic E-state index is -3.96. The lowest BCUT2D eigenvalue weighted by molar-refractivity contribution is 0.0686. The number of aromatic nitrogens is 2. The van der Waals surface area contributed by atoms with Gasteiger partial charge in [0.2, 0.25) is 10.0 Å². The van der Waals surface area contributed by atoms with Crippen molar-refractivity contribution >= 4 is 16.0 Å². The Morgan fingerprint density at radius 2 is 2.16 bits per heavy atom. The Bertz CT molecular complexity index is 552. The number of H-pyrrole nitrogens is 1. The summed E-state index contributed by atoms with van der Waals surface area (Å²) in [6, 6.07) is -0.409. The molecule has 0 aliphatic rings. The summed E-state index contributed by atoms with van der Waals surface area (Å²) in [7, 11) is -3.96. The van der Waals surface area contributed by atoms with E-state index in [1.807, 2.05) is 0 Å². The van der Waals surface area contributed by atoms with Crippen LogP contribution in [0, 0.1) is 6.92 Å². The van der Waals surface area contributed by atoms with Crippen molar-refractivity contribution < 1.29 is 23.4 Å². The molecule has 0 aliphatic carbocycles. The smallest absolute Gasteiger partial charge is 0.357 e. The zero-order valence-electron chi connectivity index (χ0n) is 10.7. The lowest BCUT2D eigenvalue weighted by Gasteiger charge is -2.13. The molecule has 108 valence electrons. The van der Waals surface area contributed by atoms with Crippen molar-refractivity contribution in [2.75, 3.05) is 6.61 Å². The topological polar surface area (TPSA) is 132 Å². The third-order valence-electron chi connectivity index (χ3n) is 2.51. The second kappa shape index (κ2) is 6.13. The predicted molar refractivity (Wildman–Crippen MR) is 66.4 cm³/mol. The van der Waals surface area contributed by atoms with Gasteiger partial charge in [0, 0.05) is 12.6 Å². The number of nitrogens with zero attached hydrogens (tertiary/aromatic N) is 1. The molecule has 1 atom stereocenters. The number of aliphatic hydroxyl groups is 1. The van der Waals surface area contributed by atoms with Crippen molar-refractivity contribution in [1.82, 2.24) is 14.9 Å². The molecular formula is C10H17N3O5S. The summed E-state index contributed by atoms with van der Waals surface area (Å²) in [6.07, 6.45) is 0.912. The average Bonchev–Trinajstić information content (AvgIpc) is 2.68. The predicted octanol–water partition coefficient (Wildman–Crippen LogP) is -0.144. The van der Waals surface area contributed by atoms with E-state index in [0.29, 0.717) is 12.8 Å². The van der Waals surface area contributed by atoms with Gasteiger partial charge in [0.15, 0.2) is 5.69 Å². The third kappa shape index (κ3) is 3.75. The molecule has 1 aromatic rings. The molecule has 0 aliphatic heterocycles. The lowest BCUT2D eigenvalue weighted by atomic mass is 10.2. The van der Waals surface area contributed by atoms with Gasteiger partial charge in [-0.2, -0.15) is 5.10 Å². The van der Waals surface area contributed by atoms with Crippen LogP contribution < -0.4 is 4.72 Å². The highest BCUT2D eigenvalue weighted by Gasteiger charge is 2.29. The maximum absolute atomic E-state index is 12.1. The van der Waals surface area contributed by atoms with Gasteiger partial charge < -0.3 is 10.2 Å². The second-order valence-electron chi connectivity index (χ2n) is 4.22. The standard InChI is InChI=1S/C10H17N3O5S/c1-6(4-3-5-14)13-19(17,18)9-7(2)11-12-8(9)10(15)16/h6,13-14H,3-5H2,1-2H3,(H,11,12)(H,15,16). The van der Waals surface area contributed by atoms with E-state index in [1.165, 1.54) is 6.92 Å². The molecule has 1 rings (SSSR count). The number of hydrogen-bond acceptors (Lipinski definition) is 5. The van der Waals surface area contributed by atoms with Crippen LogP contribution in [-0.4, -0.2) is 47.4 Å². The van der Waals surface area contributed by atoms with Crippen LogP contribution in [0.3, 0.4) is 0 Å². The van der Waals surface area contributed by atoms with Crippen LogP contribution in [0.5, 0.6) is 0 Å². The summed E-state index contributed by atoms with van der Waals surface area (Å²) >= 11 is 0. The fourth-order valence-electron chi connectivity index (χ4n) is 1.67. The van der Waals surface area contributed by atoms with Gasteiger partial charge >= 0.3 is 5.97 Å². The Morgan fingerprint density at radius 1 is 1.53 bits per heavy atom. The molecule has 0 saturated heterocycles. The normalized spacial score (nSPS) is 13.4. The van der Waals surface area contributed by atoms with Crippen molar-refractivity contribution in [3.63, 3.8) is 0 Å². The van der Waals surface area contributed by atoms with E-state index in [4.69, 9.17) is 10.2 Å². The largest absolute Gasteiger partial charge is 0.476 e. The molecule has 9 heteroatoms. The van der Waals surface area contributed by atoms with Gasteiger partial charge in [-0.15, -0.1) is 0 Å². The van der Waals surface area contributed by atoms with Crippen molar-refractivity contribution in [1.29, 1.82) is 0 Å². The van der Waals surface area contributed by atoms with E-state index in [1.54, 1.807) is 6.92 Å². The number of carboxylic acid groups (broad SMARTS) is 1. The number of carbonyl (C=O) groups is 1. The molecule has 1 aromatic heterocycles. The summed E-state index contributed by atoms with van der Waals surface area (Å²) in [4.78, 5) is 10.6. The molecule has 0 fully saturated rings. The maximum atomic E-state index is 12.1. The van der Waals surface area contributed by atoms with Gasteiger partial charge in [-0.3, -0.25) is 5.10 Å². The van der Waals surface area contributed by atoms with Gasteiger partial charge in [-0.05, 0) is 26.7 Å². The van der Waals surface area contributed by atoms with Crippen molar-refractivity contribution in [2.24, 2.45) is 0 Å². The number of hydrogen-bond donors (Lipinski definition) is 4. The molecule has 0 aromatic carbocycles. The summed E-state index contributed by atoms with van der Waals surface area (Å²) in [6.45, 7) is 3.05. The van der Waals surface area contributed by atoms with Crippen molar-refractivity contribution in [3.05, 3.63) is 11.4 Å². The zero-order chi connectivity index (χ0) is 14.6. The quantitative estimate of drug-likeness (QED) is 0.552. The van der Waals surface area contributed by atoms with Crippen LogP contribution in [0.2, 0.25) is 0 Å². The average molecular weight is 291 g/mol. The first-order valence-corrected chi connectivity index (χ1v) is 7.19. The molecule has 8 nitrogen and oxygen atoms in total. The highest BCUT2D eigenvalue weighted by Crippen LogP contribution is 2.18. The van der Waals surface area contributed by atoms with Gasteiger partial charge in [-0.1, -0.05) is 0 Å². The van der Waals surface area contributed by atoms with Crippen LogP contribution in [0.1, 0.15) is 35.9 Å². The zero-order valence-corrected chi connectivity index (χ0v) is 11.5. The maximum Gasteiger partial charge on any atom is 0.357 e. The van der Waals surface area contributed by atoms with Crippen LogP contribution in [0.15, 0.2) is 4.90 Å². The summed E-state index contributed by atoms with van der Waals surface area (Å²) in [5, 5.41) is 23.4. The Kier molecular flexibility index (Phi) is 5.04. The highest BCUT2D eigenvalue weighted by molar-refractivity contribution is 7.89. The van der Waals surface area contributed by atoms with Crippen molar-refractivity contribution in [3.8, 4) is 0 Å². The SMILES string of the molecule is Cc1[nH]nc(C(=O)O)c1S(=O)(=O)NC(C)CCCO. The first kappa shape index (κ1) is 15.6. The molecular weight excluding hydrogens is 274 g/mol. The Balaban J connectivity index is 3.01. The Labute approximate surface area is 110 Å². The number of aromatic carboxylic acids is 1. The number of sulfonamides is 1. The number of aryl methyl sites for hydroxylation is 1. The van der Waals surface area contributed by atoms with Crippen LogP contribution in [-0.2, 0) is 10.0 Å². The minimum absolute atomic E-state index is 0.0306. The van der Waals surface area contributed by atoms with E-state index in [0.717, 1.165) is 0 Å². The molecule has 0 saturated carbocycles. The molecule has 1 heterocycles. The molecule has 4 N–H and O–H groups in total. The van der Waals surface area contributed by atoms with Gasteiger partial charge in [0.05, 0.1) is 5.69 Å². The van der Waals surface area contributed by atoms with Gasteiger partial charge in [-0.25, -0.2) is 17.9 Å². The van der Waals surface area contributed by atoms with Crippen LogP contribution >= 0.6 is 0 Å². The molecule has 0 radical (unpaired) electrons. The molecule has 0 spiro atoms. The number of aliphatic hydroxyl groups excluding tert-OH is 1. The lowest BCUT2D eigenvalue weighted by Crippen LogP contribution is -2.33. The number of nitrogens with one attached hydrogen (secondary N) is 2. The molecule has 19 heavy (non-hydrogen) atoms. The van der Waals surface area contributed by atoms with Gasteiger partial charge in [0.1, 0.15) is 4.90 Å². The molecule has 0 bridgehead atoms. The highest BCUT2D eigenvalue weighted by atomic mass is 32.2. The number of rotatable bonds is 7. The minimum Gasteiger partial charge on any atom is -0.476 e. The van der Waals surface area contributed by atoms with Gasteiger partial charge in [0.25, 0.3) is 0 Å².